The summed E-state index contributed by atoms with van der Waals surface area (Å²) >= 11 is 9.42. The van der Waals surface area contributed by atoms with Gasteiger partial charge in [-0.05, 0) is 25.0 Å². The monoisotopic (exact) mass is 305 g/mol. The van der Waals surface area contributed by atoms with Crippen molar-refractivity contribution in [2.24, 2.45) is 0 Å². The molecule has 88 valence electrons. The van der Waals surface area contributed by atoms with E-state index in [9.17, 15) is 10.1 Å². The molecule has 5 heteroatoms. The summed E-state index contributed by atoms with van der Waals surface area (Å²) < 4.78 is 0.841. The predicted octanol–water partition coefficient (Wildman–Crippen LogP) is 4.31. The highest BCUT2D eigenvalue weighted by Crippen LogP contribution is 2.26. The van der Waals surface area contributed by atoms with E-state index >= 15 is 0 Å². The molecule has 1 aromatic carbocycles. The van der Waals surface area contributed by atoms with Crippen LogP contribution in [0.15, 0.2) is 22.7 Å². The van der Waals surface area contributed by atoms with E-state index in [2.05, 4.69) is 15.9 Å². The minimum Gasteiger partial charge on any atom is -0.258 e. The lowest BCUT2D eigenvalue weighted by atomic mass is 10.1. The van der Waals surface area contributed by atoms with Crippen LogP contribution < -0.4 is 0 Å². The van der Waals surface area contributed by atoms with Gasteiger partial charge in [0.2, 0.25) is 0 Å². The smallest absolute Gasteiger partial charge is 0.258 e. The Labute approximate surface area is 108 Å². The van der Waals surface area contributed by atoms with Crippen LogP contribution in [0, 0.1) is 10.1 Å². The van der Waals surface area contributed by atoms with E-state index in [1.165, 1.54) is 6.07 Å². The molecule has 0 spiro atoms. The second-order valence-corrected chi connectivity index (χ2v) is 5.15. The number of nitrogens with zero attached hydrogens (tertiary/aromatic N) is 1. The summed E-state index contributed by atoms with van der Waals surface area (Å²) in [4.78, 5) is 10.5. The summed E-state index contributed by atoms with van der Waals surface area (Å²) in [5, 5.41) is 10.8. The zero-order valence-electron chi connectivity index (χ0n) is 8.95. The van der Waals surface area contributed by atoms with Gasteiger partial charge in [0.25, 0.3) is 5.69 Å². The molecule has 0 saturated carbocycles. The second-order valence-electron chi connectivity index (χ2n) is 3.62. The second kappa shape index (κ2) is 6.21. The van der Waals surface area contributed by atoms with Crippen LogP contribution in [0.5, 0.6) is 0 Å². The van der Waals surface area contributed by atoms with Gasteiger partial charge < -0.3 is 0 Å². The number of rotatable bonds is 5. The van der Waals surface area contributed by atoms with Crippen LogP contribution in [0.2, 0.25) is 0 Å². The van der Waals surface area contributed by atoms with Gasteiger partial charge >= 0.3 is 0 Å². The Morgan fingerprint density at radius 3 is 2.81 bits per heavy atom. The van der Waals surface area contributed by atoms with Crippen LogP contribution in [-0.2, 0) is 6.42 Å². The van der Waals surface area contributed by atoms with Gasteiger partial charge in [-0.15, -0.1) is 11.6 Å². The number of alkyl halides is 1. The zero-order chi connectivity index (χ0) is 12.1. The molecule has 16 heavy (non-hydrogen) atoms. The van der Waals surface area contributed by atoms with Crippen molar-refractivity contribution in [3.05, 3.63) is 38.3 Å². The van der Waals surface area contributed by atoms with Crippen LogP contribution in [0.4, 0.5) is 5.69 Å². The van der Waals surface area contributed by atoms with Crippen LogP contribution in [0.3, 0.4) is 0 Å². The lowest BCUT2D eigenvalue weighted by molar-refractivity contribution is -0.385. The third-order valence-electron chi connectivity index (χ3n) is 2.28. The Kier molecular flexibility index (Phi) is 5.22. The molecule has 0 fully saturated rings. The van der Waals surface area contributed by atoms with E-state index in [1.807, 2.05) is 6.92 Å². The fourth-order valence-corrected chi connectivity index (χ4v) is 2.34. The average Bonchev–Trinajstić information content (AvgIpc) is 2.17. The Bertz CT molecular complexity index is 384. The topological polar surface area (TPSA) is 43.1 Å². The van der Waals surface area contributed by atoms with E-state index in [0.29, 0.717) is 12.0 Å². The van der Waals surface area contributed by atoms with E-state index in [1.54, 1.807) is 12.1 Å². The summed E-state index contributed by atoms with van der Waals surface area (Å²) in [5.74, 6) is 0. The summed E-state index contributed by atoms with van der Waals surface area (Å²) in [6, 6.07) is 4.95. The molecule has 0 aliphatic rings. The molecule has 0 heterocycles. The first-order valence-corrected chi connectivity index (χ1v) is 6.34. The number of benzene rings is 1. The molecule has 1 atom stereocenters. The van der Waals surface area contributed by atoms with Crippen LogP contribution in [0.25, 0.3) is 0 Å². The SMILES string of the molecule is CCCC(Cl)Cc1cc(Br)ccc1[N+](=O)[O-]. The molecule has 0 saturated heterocycles. The molecule has 1 rings (SSSR count). The normalized spacial score (nSPS) is 12.4. The minimum absolute atomic E-state index is 0.0435. The molecular weight excluding hydrogens is 293 g/mol. The van der Waals surface area contributed by atoms with E-state index in [4.69, 9.17) is 11.6 Å². The highest BCUT2D eigenvalue weighted by molar-refractivity contribution is 9.10. The van der Waals surface area contributed by atoms with Crippen LogP contribution >= 0.6 is 27.5 Å². The third-order valence-corrected chi connectivity index (χ3v) is 3.15. The number of nitro benzene ring substituents is 1. The molecule has 0 amide bonds. The van der Waals surface area contributed by atoms with Crippen molar-refractivity contribution >= 4 is 33.2 Å². The Hall–Kier alpha value is -0.610. The third kappa shape index (κ3) is 3.76. The molecule has 1 unspecified atom stereocenters. The van der Waals surface area contributed by atoms with Crippen molar-refractivity contribution in [2.45, 2.75) is 31.6 Å². The molecule has 0 aliphatic heterocycles. The molecule has 0 bridgehead atoms. The van der Waals surface area contributed by atoms with Gasteiger partial charge in [0.1, 0.15) is 0 Å². The van der Waals surface area contributed by atoms with Gasteiger partial charge in [-0.1, -0.05) is 29.3 Å². The number of halogens is 2. The molecule has 1 aromatic rings. The van der Waals surface area contributed by atoms with E-state index in [0.717, 1.165) is 17.3 Å². The molecule has 0 N–H and O–H groups in total. The Morgan fingerprint density at radius 1 is 1.56 bits per heavy atom. The largest absolute Gasteiger partial charge is 0.272 e. The summed E-state index contributed by atoms with van der Waals surface area (Å²) in [7, 11) is 0. The lowest BCUT2D eigenvalue weighted by Crippen LogP contribution is -2.05. The maximum Gasteiger partial charge on any atom is 0.272 e. The van der Waals surface area contributed by atoms with Crippen molar-refractivity contribution in [1.82, 2.24) is 0 Å². The fraction of sp³-hybridized carbons (Fsp3) is 0.455. The summed E-state index contributed by atoms with van der Waals surface area (Å²) in [6.07, 6.45) is 2.38. The maximum absolute atomic E-state index is 10.8. The fourth-order valence-electron chi connectivity index (χ4n) is 1.55. The molecule has 3 nitrogen and oxygen atoms in total. The van der Waals surface area contributed by atoms with Crippen molar-refractivity contribution in [3.8, 4) is 0 Å². The van der Waals surface area contributed by atoms with Gasteiger partial charge in [-0.3, -0.25) is 10.1 Å². The van der Waals surface area contributed by atoms with Crippen molar-refractivity contribution < 1.29 is 4.92 Å². The van der Waals surface area contributed by atoms with Gasteiger partial charge in [0, 0.05) is 21.5 Å². The van der Waals surface area contributed by atoms with Gasteiger partial charge in [0.05, 0.1) is 4.92 Å². The number of nitro groups is 1. The van der Waals surface area contributed by atoms with Crippen LogP contribution in [0.1, 0.15) is 25.3 Å². The Balaban J connectivity index is 2.92. The van der Waals surface area contributed by atoms with Gasteiger partial charge in [-0.25, -0.2) is 0 Å². The number of hydrogen-bond acceptors (Lipinski definition) is 2. The molecule has 0 radical (unpaired) electrons. The minimum atomic E-state index is -0.364. The highest BCUT2D eigenvalue weighted by atomic mass is 79.9. The first-order chi connectivity index (χ1) is 7.54. The van der Waals surface area contributed by atoms with Gasteiger partial charge in [0.15, 0.2) is 0 Å². The standard InChI is InChI=1S/C11H13BrClNO2/c1-2-3-10(13)7-8-6-9(12)4-5-11(8)14(15)16/h4-6,10H,2-3,7H2,1H3. The van der Waals surface area contributed by atoms with Crippen molar-refractivity contribution in [2.75, 3.05) is 0 Å². The lowest BCUT2D eigenvalue weighted by Gasteiger charge is -2.08. The molecule has 0 aromatic heterocycles. The molecular formula is C11H13BrClNO2. The highest BCUT2D eigenvalue weighted by Gasteiger charge is 2.16. The van der Waals surface area contributed by atoms with Gasteiger partial charge in [-0.2, -0.15) is 0 Å². The Morgan fingerprint density at radius 2 is 2.25 bits per heavy atom. The summed E-state index contributed by atoms with van der Waals surface area (Å²) in [5.41, 5.74) is 0.831. The first-order valence-electron chi connectivity index (χ1n) is 5.11. The van der Waals surface area contributed by atoms with Crippen molar-refractivity contribution in [3.63, 3.8) is 0 Å². The average molecular weight is 307 g/mol. The molecule has 0 aliphatic carbocycles. The van der Waals surface area contributed by atoms with E-state index < -0.39 is 0 Å². The number of hydrogen-bond donors (Lipinski definition) is 0. The van der Waals surface area contributed by atoms with E-state index in [-0.39, 0.29) is 16.0 Å². The first kappa shape index (κ1) is 13.5. The van der Waals surface area contributed by atoms with Crippen LogP contribution in [-0.4, -0.2) is 10.3 Å². The zero-order valence-corrected chi connectivity index (χ0v) is 11.3. The predicted molar refractivity (Wildman–Crippen MR) is 69.0 cm³/mol. The summed E-state index contributed by atoms with van der Waals surface area (Å²) in [6.45, 7) is 2.05. The van der Waals surface area contributed by atoms with Crippen molar-refractivity contribution in [1.29, 1.82) is 0 Å². The quantitative estimate of drug-likeness (QED) is 0.462. The maximum atomic E-state index is 10.8.